The smallest absolute Gasteiger partial charge is 0.316 e. The zero-order chi connectivity index (χ0) is 18.9. The molecule has 1 atom stereocenters. The third-order valence-corrected chi connectivity index (χ3v) is 5.04. The van der Waals surface area contributed by atoms with E-state index in [-0.39, 0.29) is 10.8 Å². The highest BCUT2D eigenvalue weighted by molar-refractivity contribution is 7.90. The molecule has 134 valence electrons. The summed E-state index contributed by atoms with van der Waals surface area (Å²) in [6.07, 6.45) is 5.99. The van der Waals surface area contributed by atoms with Crippen molar-refractivity contribution in [2.24, 2.45) is 5.92 Å². The molecular formula is C19H16FNO4S. The predicted octanol–water partition coefficient (Wildman–Crippen LogP) is 2.89. The number of hydrogen-bond acceptors (Lipinski definition) is 5. The summed E-state index contributed by atoms with van der Waals surface area (Å²) in [7, 11) is -2.10. The quantitative estimate of drug-likeness (QED) is 0.771. The Kier molecular flexibility index (Phi) is 4.73. The third-order valence-electron chi connectivity index (χ3n) is 4.04. The van der Waals surface area contributed by atoms with Gasteiger partial charge >= 0.3 is 5.97 Å². The van der Waals surface area contributed by atoms with E-state index in [4.69, 9.17) is 4.74 Å². The summed E-state index contributed by atoms with van der Waals surface area (Å²) in [5.41, 5.74) is 2.82. The van der Waals surface area contributed by atoms with Gasteiger partial charge in [0.05, 0.1) is 13.0 Å². The average Bonchev–Trinajstić information content (AvgIpc) is 3.06. The number of aromatic nitrogens is 1. The van der Waals surface area contributed by atoms with Crippen LogP contribution in [-0.4, -0.2) is 32.7 Å². The van der Waals surface area contributed by atoms with Crippen LogP contribution in [0, 0.1) is 11.7 Å². The Labute approximate surface area is 150 Å². The van der Waals surface area contributed by atoms with Gasteiger partial charge in [-0.3, -0.25) is 4.79 Å². The van der Waals surface area contributed by atoms with Crippen molar-refractivity contribution in [2.45, 2.75) is 5.03 Å². The topological polar surface area (TPSA) is 73.3 Å². The summed E-state index contributed by atoms with van der Waals surface area (Å²) in [4.78, 5) is 15.9. The molecule has 1 aromatic heterocycles. The molecule has 0 radical (unpaired) electrons. The molecule has 7 heteroatoms. The first kappa shape index (κ1) is 18.0. The lowest BCUT2D eigenvalue weighted by molar-refractivity contribution is -0.142. The van der Waals surface area contributed by atoms with Crippen LogP contribution in [0.3, 0.4) is 0 Å². The Morgan fingerprint density at radius 1 is 1.04 bits per heavy atom. The Morgan fingerprint density at radius 2 is 1.62 bits per heavy atom. The van der Waals surface area contributed by atoms with Crippen molar-refractivity contribution in [1.82, 2.24) is 4.98 Å². The molecule has 0 saturated heterocycles. The van der Waals surface area contributed by atoms with Crippen LogP contribution in [-0.2, 0) is 19.4 Å². The van der Waals surface area contributed by atoms with Crippen LogP contribution in [0.4, 0.5) is 4.39 Å². The maximum atomic E-state index is 13.2. The van der Waals surface area contributed by atoms with Crippen molar-refractivity contribution in [3.63, 3.8) is 0 Å². The normalized spacial score (nSPS) is 16.8. The van der Waals surface area contributed by atoms with Crippen molar-refractivity contribution in [3.05, 3.63) is 71.7 Å². The lowest BCUT2D eigenvalue weighted by Crippen LogP contribution is -2.09. The lowest BCUT2D eigenvalue weighted by atomic mass is 9.96. The van der Waals surface area contributed by atoms with E-state index in [1.54, 1.807) is 30.4 Å². The van der Waals surface area contributed by atoms with Crippen molar-refractivity contribution in [1.29, 1.82) is 0 Å². The summed E-state index contributed by atoms with van der Waals surface area (Å²) < 4.78 is 41.2. The number of carbonyl (C=O) groups excluding carboxylic acids is 1. The minimum atomic E-state index is -3.40. The van der Waals surface area contributed by atoms with Crippen molar-refractivity contribution < 1.29 is 22.3 Å². The van der Waals surface area contributed by atoms with Gasteiger partial charge in [-0.1, -0.05) is 24.3 Å². The SMILES string of the molecule is COC(=O)C1C=C(c2ccc(F)cc2)C(c2ccc(S(C)(=O)=O)nc2)=C1. The van der Waals surface area contributed by atoms with Gasteiger partial charge < -0.3 is 4.74 Å². The molecule has 1 heterocycles. The van der Waals surface area contributed by atoms with Gasteiger partial charge in [0.1, 0.15) is 5.82 Å². The van der Waals surface area contributed by atoms with Crippen LogP contribution in [0.25, 0.3) is 11.1 Å². The molecule has 0 saturated carbocycles. The molecular weight excluding hydrogens is 357 g/mol. The first-order chi connectivity index (χ1) is 12.3. The highest BCUT2D eigenvalue weighted by Gasteiger charge is 2.26. The van der Waals surface area contributed by atoms with Crippen molar-refractivity contribution in [3.8, 4) is 0 Å². The maximum absolute atomic E-state index is 13.2. The van der Waals surface area contributed by atoms with Gasteiger partial charge in [0.2, 0.25) is 0 Å². The predicted molar refractivity (Wildman–Crippen MR) is 95.2 cm³/mol. The lowest BCUT2D eigenvalue weighted by Gasteiger charge is -2.10. The number of halogens is 1. The van der Waals surface area contributed by atoms with Gasteiger partial charge in [0.15, 0.2) is 14.9 Å². The number of allylic oxidation sites excluding steroid dienone is 2. The summed E-state index contributed by atoms with van der Waals surface area (Å²) >= 11 is 0. The van der Waals surface area contributed by atoms with E-state index in [1.165, 1.54) is 31.5 Å². The first-order valence-corrected chi connectivity index (χ1v) is 9.63. The van der Waals surface area contributed by atoms with Gasteiger partial charge in [-0.15, -0.1) is 0 Å². The number of ether oxygens (including phenoxy) is 1. The number of nitrogens with zero attached hydrogens (tertiary/aromatic N) is 1. The van der Waals surface area contributed by atoms with Gasteiger partial charge in [-0.25, -0.2) is 17.8 Å². The summed E-state index contributed by atoms with van der Waals surface area (Å²) in [6.45, 7) is 0. The molecule has 1 aliphatic carbocycles. The van der Waals surface area contributed by atoms with Crippen LogP contribution in [0.15, 0.2) is 59.8 Å². The number of esters is 1. The van der Waals surface area contributed by atoms with Crippen LogP contribution in [0.2, 0.25) is 0 Å². The van der Waals surface area contributed by atoms with E-state index in [0.717, 1.165) is 17.4 Å². The molecule has 0 fully saturated rings. The third kappa shape index (κ3) is 3.57. The Morgan fingerprint density at radius 3 is 2.12 bits per heavy atom. The highest BCUT2D eigenvalue weighted by atomic mass is 32.2. The molecule has 1 aromatic carbocycles. The number of carbonyl (C=O) groups is 1. The summed E-state index contributed by atoms with van der Waals surface area (Å²) in [6, 6.07) is 8.96. The number of rotatable bonds is 4. The monoisotopic (exact) mass is 373 g/mol. The maximum Gasteiger partial charge on any atom is 0.316 e. The minimum Gasteiger partial charge on any atom is -0.468 e. The fraction of sp³-hybridized carbons (Fsp3) is 0.158. The van der Waals surface area contributed by atoms with E-state index in [0.29, 0.717) is 11.1 Å². The average molecular weight is 373 g/mol. The number of pyridine rings is 1. The summed E-state index contributed by atoms with van der Waals surface area (Å²) in [5, 5.41) is -0.0309. The van der Waals surface area contributed by atoms with Crippen LogP contribution < -0.4 is 0 Å². The number of benzene rings is 1. The van der Waals surface area contributed by atoms with E-state index >= 15 is 0 Å². The molecule has 0 spiro atoms. The van der Waals surface area contributed by atoms with Crippen molar-refractivity contribution >= 4 is 27.0 Å². The number of methoxy groups -OCH3 is 1. The highest BCUT2D eigenvalue weighted by Crippen LogP contribution is 2.38. The standard InChI is InChI=1S/C19H16FNO4S/c1-25-19(22)14-9-16(12-3-6-15(20)7-4-12)17(10-14)13-5-8-18(21-11-13)26(2,23)24/h3-11,14H,1-2H3. The first-order valence-electron chi connectivity index (χ1n) is 7.74. The fourth-order valence-corrected chi connectivity index (χ4v) is 3.31. The molecule has 26 heavy (non-hydrogen) atoms. The molecule has 1 unspecified atom stereocenters. The number of sulfone groups is 1. The Hall–Kier alpha value is -2.80. The number of hydrogen-bond donors (Lipinski definition) is 0. The molecule has 2 aromatic rings. The molecule has 0 aliphatic heterocycles. The molecule has 1 aliphatic rings. The fourth-order valence-electron chi connectivity index (χ4n) is 2.75. The van der Waals surface area contributed by atoms with E-state index in [9.17, 15) is 17.6 Å². The van der Waals surface area contributed by atoms with Gasteiger partial charge in [-0.05, 0) is 41.0 Å². The zero-order valence-corrected chi connectivity index (χ0v) is 15.0. The largest absolute Gasteiger partial charge is 0.468 e. The second-order valence-electron chi connectivity index (χ2n) is 5.87. The second kappa shape index (κ2) is 6.84. The molecule has 0 bridgehead atoms. The second-order valence-corrected chi connectivity index (χ2v) is 7.84. The van der Waals surface area contributed by atoms with E-state index < -0.39 is 21.7 Å². The molecule has 0 N–H and O–H groups in total. The van der Waals surface area contributed by atoms with E-state index in [2.05, 4.69) is 4.98 Å². The van der Waals surface area contributed by atoms with E-state index in [1.807, 2.05) is 0 Å². The Balaban J connectivity index is 2.05. The Bertz CT molecular complexity index is 1010. The van der Waals surface area contributed by atoms with Crippen LogP contribution >= 0.6 is 0 Å². The molecule has 0 amide bonds. The van der Waals surface area contributed by atoms with Gasteiger partial charge in [0.25, 0.3) is 0 Å². The van der Waals surface area contributed by atoms with Crippen molar-refractivity contribution in [2.75, 3.05) is 13.4 Å². The van der Waals surface area contributed by atoms with Crippen LogP contribution in [0.5, 0.6) is 0 Å². The zero-order valence-electron chi connectivity index (χ0n) is 14.1. The van der Waals surface area contributed by atoms with Gasteiger partial charge in [0, 0.05) is 18.0 Å². The van der Waals surface area contributed by atoms with Gasteiger partial charge in [-0.2, -0.15) is 0 Å². The molecule has 5 nitrogen and oxygen atoms in total. The summed E-state index contributed by atoms with van der Waals surface area (Å²) in [5.74, 6) is -1.36. The van der Waals surface area contributed by atoms with Crippen LogP contribution in [0.1, 0.15) is 11.1 Å². The molecule has 3 rings (SSSR count). The minimum absolute atomic E-state index is 0.0309.